The van der Waals surface area contributed by atoms with Crippen LogP contribution in [0.4, 0.5) is 5.82 Å². The van der Waals surface area contributed by atoms with Gasteiger partial charge in [-0.3, -0.25) is 4.79 Å². The molecule has 7 heteroatoms. The molecule has 0 saturated carbocycles. The van der Waals surface area contributed by atoms with Crippen molar-refractivity contribution in [2.45, 2.75) is 0 Å². The standard InChI is InChI=1S/C7H5ClN2O3.Li/c8-4-1-2-5(9-3-4)10-6(11)7(12)13;/h1-3H,(H,12,13)(H,9,10,11);/q;+1/p-1. The number of carboxylic acid groups (broad SMARTS) is 1. The molecule has 0 atom stereocenters. The van der Waals surface area contributed by atoms with Crippen LogP contribution in [0.25, 0.3) is 0 Å². The Morgan fingerprint density at radius 3 is 2.50 bits per heavy atom. The maximum absolute atomic E-state index is 10.6. The number of carbonyl (C=O) groups excluding carboxylic acids is 2. The van der Waals surface area contributed by atoms with Crippen molar-refractivity contribution in [1.82, 2.24) is 4.98 Å². The number of pyridine rings is 1. The molecule has 0 saturated heterocycles. The third-order valence-electron chi connectivity index (χ3n) is 1.15. The predicted molar refractivity (Wildman–Crippen MR) is 42.9 cm³/mol. The third kappa shape index (κ3) is 3.79. The quantitative estimate of drug-likeness (QED) is 0.381. The van der Waals surface area contributed by atoms with Crippen molar-refractivity contribution in [3.63, 3.8) is 0 Å². The fourth-order valence-corrected chi connectivity index (χ4v) is 0.729. The molecule has 1 aromatic rings. The normalized spacial score (nSPS) is 8.64. The van der Waals surface area contributed by atoms with Crippen LogP contribution in [0.3, 0.4) is 0 Å². The topological polar surface area (TPSA) is 82.1 Å². The summed E-state index contributed by atoms with van der Waals surface area (Å²) in [5, 5.41) is 12.4. The summed E-state index contributed by atoms with van der Waals surface area (Å²) in [5.74, 6) is -2.94. The Bertz CT molecular complexity index is 341. The van der Waals surface area contributed by atoms with Gasteiger partial charge in [0, 0.05) is 6.20 Å². The van der Waals surface area contributed by atoms with Gasteiger partial charge in [0.15, 0.2) is 0 Å². The summed E-state index contributed by atoms with van der Waals surface area (Å²) in [4.78, 5) is 24.2. The third-order valence-corrected chi connectivity index (χ3v) is 1.38. The van der Waals surface area contributed by atoms with Gasteiger partial charge in [-0.1, -0.05) is 11.6 Å². The van der Waals surface area contributed by atoms with Gasteiger partial charge in [0.05, 0.1) is 5.02 Å². The molecule has 1 heterocycles. The first-order valence-corrected chi connectivity index (χ1v) is 3.61. The Morgan fingerprint density at radius 1 is 1.43 bits per heavy atom. The largest absolute Gasteiger partial charge is 1.00 e. The van der Waals surface area contributed by atoms with Crippen molar-refractivity contribution < 1.29 is 33.6 Å². The minimum atomic E-state index is -1.81. The summed E-state index contributed by atoms with van der Waals surface area (Å²) in [6.07, 6.45) is 1.28. The van der Waals surface area contributed by atoms with E-state index in [4.69, 9.17) is 11.6 Å². The second-order valence-electron chi connectivity index (χ2n) is 2.10. The van der Waals surface area contributed by atoms with Crippen molar-refractivity contribution >= 4 is 29.3 Å². The number of aliphatic carboxylic acids is 1. The van der Waals surface area contributed by atoms with Gasteiger partial charge in [-0.05, 0) is 12.1 Å². The van der Waals surface area contributed by atoms with E-state index in [1.54, 1.807) is 0 Å². The Kier molecular flexibility index (Phi) is 5.24. The molecule has 0 radical (unpaired) electrons. The van der Waals surface area contributed by atoms with Crippen LogP contribution in [-0.4, -0.2) is 16.9 Å². The average Bonchev–Trinajstić information content (AvgIpc) is 2.08. The fourth-order valence-electron chi connectivity index (χ4n) is 0.617. The molecule has 0 aromatic carbocycles. The van der Waals surface area contributed by atoms with E-state index in [9.17, 15) is 14.7 Å². The van der Waals surface area contributed by atoms with Gasteiger partial charge in [-0.25, -0.2) is 4.98 Å². The number of hydrogen-bond donors (Lipinski definition) is 1. The van der Waals surface area contributed by atoms with Crippen molar-refractivity contribution in [3.05, 3.63) is 23.4 Å². The van der Waals surface area contributed by atoms with Crippen LogP contribution in [0, 0.1) is 0 Å². The number of aromatic nitrogens is 1. The molecule has 0 aliphatic heterocycles. The first kappa shape index (κ1) is 13.0. The van der Waals surface area contributed by atoms with Gasteiger partial charge in [-0.2, -0.15) is 0 Å². The number of nitrogens with one attached hydrogen (secondary N) is 1. The first-order valence-electron chi connectivity index (χ1n) is 3.23. The summed E-state index contributed by atoms with van der Waals surface area (Å²) in [7, 11) is 0. The Labute approximate surface area is 96.6 Å². The average molecular weight is 207 g/mol. The Morgan fingerprint density at radius 2 is 2.07 bits per heavy atom. The second kappa shape index (κ2) is 5.65. The zero-order valence-corrected chi connectivity index (χ0v) is 8.04. The first-order chi connectivity index (χ1) is 6.09. The van der Waals surface area contributed by atoms with E-state index in [1.807, 2.05) is 5.32 Å². The molecule has 0 fully saturated rings. The van der Waals surface area contributed by atoms with Crippen LogP contribution in [-0.2, 0) is 9.59 Å². The minimum Gasteiger partial charge on any atom is -0.540 e. The van der Waals surface area contributed by atoms with Gasteiger partial charge >= 0.3 is 18.9 Å². The number of amides is 1. The molecule has 0 spiro atoms. The number of carboxylic acids is 1. The van der Waals surface area contributed by atoms with Crippen molar-refractivity contribution in [1.29, 1.82) is 0 Å². The minimum absolute atomic E-state index is 0. The van der Waals surface area contributed by atoms with E-state index in [-0.39, 0.29) is 24.7 Å². The molecule has 14 heavy (non-hydrogen) atoms. The number of rotatable bonds is 1. The van der Waals surface area contributed by atoms with E-state index in [1.165, 1.54) is 18.3 Å². The predicted octanol–water partition coefficient (Wildman–Crippen LogP) is -3.57. The number of halogens is 1. The SMILES string of the molecule is O=C([O-])C(=O)Nc1ccc(Cl)cn1.[Li+]. The van der Waals surface area contributed by atoms with Crippen LogP contribution in [0.5, 0.6) is 0 Å². The van der Waals surface area contributed by atoms with Gasteiger partial charge in [0.1, 0.15) is 11.8 Å². The molecule has 0 aliphatic rings. The van der Waals surface area contributed by atoms with Crippen molar-refractivity contribution in [3.8, 4) is 0 Å². The van der Waals surface area contributed by atoms with E-state index in [2.05, 4.69) is 4.98 Å². The van der Waals surface area contributed by atoms with Gasteiger partial charge in [0.25, 0.3) is 5.91 Å². The molecular formula is C7H4ClLiN2O3. The fraction of sp³-hybridized carbons (Fsp3) is 0. The molecule has 1 rings (SSSR count). The number of carbonyl (C=O) groups is 2. The van der Waals surface area contributed by atoms with Crippen LogP contribution < -0.4 is 29.3 Å². The molecule has 1 amide bonds. The summed E-state index contributed by atoms with van der Waals surface area (Å²) in [6, 6.07) is 2.85. The van der Waals surface area contributed by atoms with Crippen LogP contribution in [0.1, 0.15) is 0 Å². The molecule has 1 N–H and O–H groups in total. The molecule has 68 valence electrons. The smallest absolute Gasteiger partial charge is 0.540 e. The van der Waals surface area contributed by atoms with Gasteiger partial charge in [-0.15, -0.1) is 0 Å². The van der Waals surface area contributed by atoms with Crippen molar-refractivity contribution in [2.75, 3.05) is 5.32 Å². The zero-order valence-electron chi connectivity index (χ0n) is 7.28. The number of hydrogen-bond acceptors (Lipinski definition) is 4. The van der Waals surface area contributed by atoms with Crippen LogP contribution in [0.2, 0.25) is 5.02 Å². The molecule has 0 bridgehead atoms. The van der Waals surface area contributed by atoms with Crippen molar-refractivity contribution in [2.24, 2.45) is 0 Å². The summed E-state index contributed by atoms with van der Waals surface area (Å²) < 4.78 is 0. The Balaban J connectivity index is 0.00000169. The monoisotopic (exact) mass is 206 g/mol. The summed E-state index contributed by atoms with van der Waals surface area (Å²) >= 11 is 5.51. The molecule has 0 aliphatic carbocycles. The number of anilines is 1. The van der Waals surface area contributed by atoms with Crippen LogP contribution >= 0.6 is 11.6 Å². The van der Waals surface area contributed by atoms with E-state index in [0.717, 1.165) is 0 Å². The van der Waals surface area contributed by atoms with Gasteiger partial charge in [0.2, 0.25) is 0 Å². The maximum atomic E-state index is 10.6. The molecule has 1 aromatic heterocycles. The van der Waals surface area contributed by atoms with Crippen LogP contribution in [0.15, 0.2) is 18.3 Å². The second-order valence-corrected chi connectivity index (χ2v) is 2.54. The molecular weight excluding hydrogens is 202 g/mol. The number of nitrogens with zero attached hydrogens (tertiary/aromatic N) is 1. The maximum Gasteiger partial charge on any atom is 1.00 e. The summed E-state index contributed by atoms with van der Waals surface area (Å²) in [6.45, 7) is 0. The Hall–Kier alpha value is -1.02. The molecule has 5 nitrogen and oxygen atoms in total. The van der Waals surface area contributed by atoms with E-state index in [0.29, 0.717) is 5.02 Å². The van der Waals surface area contributed by atoms with E-state index < -0.39 is 11.9 Å². The zero-order chi connectivity index (χ0) is 9.84. The van der Waals surface area contributed by atoms with Gasteiger partial charge < -0.3 is 15.2 Å². The van der Waals surface area contributed by atoms with E-state index >= 15 is 0 Å². The summed E-state index contributed by atoms with van der Waals surface area (Å²) in [5.41, 5.74) is 0. The molecule has 0 unspecified atom stereocenters.